The highest BCUT2D eigenvalue weighted by molar-refractivity contribution is 5.26. The summed E-state index contributed by atoms with van der Waals surface area (Å²) in [6, 6.07) is 0.296. The predicted octanol–water partition coefficient (Wildman–Crippen LogP) is 4.83. The third kappa shape index (κ3) is 5.04. The minimum atomic E-state index is -0.618. The lowest BCUT2D eigenvalue weighted by Gasteiger charge is -2.45. The first-order chi connectivity index (χ1) is 15.1. The Kier molecular flexibility index (Phi) is 7.27. The molecule has 1 aliphatic heterocycles. The van der Waals surface area contributed by atoms with E-state index in [9.17, 15) is 15.3 Å². The van der Waals surface area contributed by atoms with Crippen LogP contribution in [0.3, 0.4) is 0 Å². The highest BCUT2D eigenvalue weighted by Crippen LogP contribution is 2.59. The minimum Gasteiger partial charge on any atom is -0.393 e. The van der Waals surface area contributed by atoms with Gasteiger partial charge in [0, 0.05) is 12.6 Å². The highest BCUT2D eigenvalue weighted by atomic mass is 16.3. The van der Waals surface area contributed by atoms with Gasteiger partial charge in [-0.1, -0.05) is 37.1 Å². The van der Waals surface area contributed by atoms with Gasteiger partial charge in [0.1, 0.15) is 0 Å². The first kappa shape index (κ1) is 24.4. The molecule has 0 radical (unpaired) electrons. The molecule has 32 heavy (non-hydrogen) atoms. The van der Waals surface area contributed by atoms with Gasteiger partial charge in [0.2, 0.25) is 0 Å². The van der Waals surface area contributed by atoms with Crippen molar-refractivity contribution in [3.8, 4) is 0 Å². The molecule has 7 atom stereocenters. The number of fused-ring (bicyclic) bond motifs is 1. The van der Waals surface area contributed by atoms with E-state index in [0.29, 0.717) is 42.6 Å². The quantitative estimate of drug-likeness (QED) is 0.567. The normalized spacial score (nSPS) is 41.2. The van der Waals surface area contributed by atoms with Gasteiger partial charge in [-0.15, -0.1) is 0 Å². The molecule has 4 heteroatoms. The monoisotopic (exact) mass is 445 g/mol. The highest BCUT2D eigenvalue weighted by Gasteiger charge is 2.51. The molecule has 4 aliphatic rings. The lowest BCUT2D eigenvalue weighted by atomic mass is 9.61. The minimum absolute atomic E-state index is 0.296. The number of likely N-dealkylation sites (tertiary alicyclic amines) is 1. The van der Waals surface area contributed by atoms with E-state index in [2.05, 4.69) is 30.9 Å². The maximum atomic E-state index is 10.7. The Morgan fingerprint density at radius 3 is 2.50 bits per heavy atom. The number of hydrogen-bond donors (Lipinski definition) is 3. The van der Waals surface area contributed by atoms with Gasteiger partial charge in [0.25, 0.3) is 0 Å². The topological polar surface area (TPSA) is 63.9 Å². The molecule has 3 saturated carbocycles. The molecule has 0 spiro atoms. The van der Waals surface area contributed by atoms with Crippen molar-refractivity contribution in [1.82, 2.24) is 4.90 Å². The van der Waals surface area contributed by atoms with Gasteiger partial charge >= 0.3 is 0 Å². The second-order valence-corrected chi connectivity index (χ2v) is 12.4. The molecule has 0 aromatic rings. The second kappa shape index (κ2) is 9.52. The van der Waals surface area contributed by atoms with Gasteiger partial charge in [0.15, 0.2) is 0 Å². The van der Waals surface area contributed by atoms with Crippen LogP contribution in [0.25, 0.3) is 0 Å². The van der Waals surface area contributed by atoms with Gasteiger partial charge in [-0.3, -0.25) is 4.90 Å². The molecule has 182 valence electrons. The summed E-state index contributed by atoms with van der Waals surface area (Å²) in [7, 11) is 0. The van der Waals surface area contributed by atoms with E-state index >= 15 is 0 Å². The van der Waals surface area contributed by atoms with E-state index in [1.807, 2.05) is 13.8 Å². The predicted molar refractivity (Wildman–Crippen MR) is 130 cm³/mol. The first-order valence-corrected chi connectivity index (χ1v) is 13.3. The van der Waals surface area contributed by atoms with E-state index in [0.717, 1.165) is 25.4 Å². The van der Waals surface area contributed by atoms with Crippen molar-refractivity contribution in [3.05, 3.63) is 23.3 Å². The van der Waals surface area contributed by atoms with Crippen molar-refractivity contribution in [2.75, 3.05) is 13.1 Å². The Hall–Kier alpha value is -0.680. The molecule has 3 N–H and O–H groups in total. The average Bonchev–Trinajstić information content (AvgIpc) is 3.29. The number of nitrogens with zero attached hydrogens (tertiary/aromatic N) is 1. The van der Waals surface area contributed by atoms with Crippen molar-refractivity contribution in [3.63, 3.8) is 0 Å². The van der Waals surface area contributed by atoms with Gasteiger partial charge in [-0.05, 0) is 108 Å². The Morgan fingerprint density at radius 1 is 1.09 bits per heavy atom. The number of aliphatic hydroxyl groups is 3. The fraction of sp³-hybridized carbons (Fsp3) is 0.857. The maximum absolute atomic E-state index is 10.7. The Balaban J connectivity index is 1.45. The maximum Gasteiger partial charge on any atom is 0.0746 e. The molecular weight excluding hydrogens is 398 g/mol. The van der Waals surface area contributed by atoms with Crippen LogP contribution in [0.2, 0.25) is 0 Å². The van der Waals surface area contributed by atoms with E-state index in [4.69, 9.17) is 0 Å². The zero-order valence-electron chi connectivity index (χ0n) is 20.9. The lowest BCUT2D eigenvalue weighted by molar-refractivity contribution is -0.0143. The molecule has 0 aromatic carbocycles. The molecule has 1 unspecified atom stereocenters. The molecule has 0 amide bonds. The summed E-state index contributed by atoms with van der Waals surface area (Å²) in [6.07, 6.45) is 14.5. The fourth-order valence-electron chi connectivity index (χ4n) is 8.09. The number of allylic oxidation sites excluding steroid dienone is 3. The van der Waals surface area contributed by atoms with Crippen LogP contribution in [-0.2, 0) is 0 Å². The number of aliphatic hydroxyl groups excluding tert-OH is 2. The van der Waals surface area contributed by atoms with Crippen molar-refractivity contribution < 1.29 is 15.3 Å². The summed E-state index contributed by atoms with van der Waals surface area (Å²) in [4.78, 5) is 2.57. The van der Waals surface area contributed by atoms with Gasteiger partial charge in [-0.25, -0.2) is 0 Å². The zero-order chi connectivity index (χ0) is 23.1. The average molecular weight is 446 g/mol. The molecule has 4 fully saturated rings. The van der Waals surface area contributed by atoms with Crippen molar-refractivity contribution in [2.24, 2.45) is 23.2 Å². The smallest absolute Gasteiger partial charge is 0.0746 e. The summed E-state index contributed by atoms with van der Waals surface area (Å²) in [6.45, 7) is 11.2. The van der Waals surface area contributed by atoms with Crippen LogP contribution in [0.5, 0.6) is 0 Å². The van der Waals surface area contributed by atoms with E-state index in [1.54, 1.807) is 5.57 Å². The molecule has 4 nitrogen and oxygen atoms in total. The van der Waals surface area contributed by atoms with E-state index in [-0.39, 0.29) is 0 Å². The molecule has 3 aliphatic carbocycles. The third-order valence-electron chi connectivity index (χ3n) is 9.50. The van der Waals surface area contributed by atoms with Crippen LogP contribution in [0.1, 0.15) is 91.9 Å². The summed E-state index contributed by atoms with van der Waals surface area (Å²) >= 11 is 0. The standard InChI is InChI=1S/C28H47NO3/c1-19(18-29-14-6-8-26(29)27(2,3)32)24-11-12-25-21(7-5-13-28(24,25)4)10-9-20-15-22(30)17-23(31)16-20/h9-10,19,22-26,30-32H,5-8,11-18H2,1-4H3/b21-10+/t19?,22-,23-,24-,25+,26-,28-/m1/s1. The summed E-state index contributed by atoms with van der Waals surface area (Å²) in [5, 5.41) is 30.7. The van der Waals surface area contributed by atoms with Crippen LogP contribution in [0, 0.1) is 23.2 Å². The zero-order valence-corrected chi connectivity index (χ0v) is 20.9. The number of hydrogen-bond acceptors (Lipinski definition) is 4. The van der Waals surface area contributed by atoms with Crippen LogP contribution in [0.15, 0.2) is 23.3 Å². The van der Waals surface area contributed by atoms with Crippen LogP contribution in [0.4, 0.5) is 0 Å². The second-order valence-electron chi connectivity index (χ2n) is 12.4. The van der Waals surface area contributed by atoms with Crippen LogP contribution < -0.4 is 0 Å². The molecule has 1 saturated heterocycles. The molecule has 0 bridgehead atoms. The van der Waals surface area contributed by atoms with Crippen molar-refractivity contribution >= 4 is 0 Å². The van der Waals surface area contributed by atoms with Crippen LogP contribution >= 0.6 is 0 Å². The Bertz CT molecular complexity index is 711. The van der Waals surface area contributed by atoms with Gasteiger partial charge in [-0.2, -0.15) is 0 Å². The van der Waals surface area contributed by atoms with E-state index in [1.165, 1.54) is 44.1 Å². The Morgan fingerprint density at radius 2 is 1.81 bits per heavy atom. The molecule has 0 aromatic heterocycles. The van der Waals surface area contributed by atoms with Gasteiger partial charge in [0.05, 0.1) is 17.8 Å². The van der Waals surface area contributed by atoms with Gasteiger partial charge < -0.3 is 15.3 Å². The van der Waals surface area contributed by atoms with Crippen molar-refractivity contribution in [2.45, 2.75) is 116 Å². The number of rotatable bonds is 5. The SMILES string of the molecule is CC(CN1CCC[C@@H]1C(C)(C)O)[C@H]1CC[C@H]2/C(=C/C=C3C[C@@H](O)C[C@H](O)C3)CCC[C@]12C. The fourth-order valence-corrected chi connectivity index (χ4v) is 8.09. The lowest BCUT2D eigenvalue weighted by Crippen LogP contribution is -2.48. The summed E-state index contributed by atoms with van der Waals surface area (Å²) in [5.41, 5.74) is 2.56. The van der Waals surface area contributed by atoms with Crippen LogP contribution in [-0.4, -0.2) is 57.2 Å². The largest absolute Gasteiger partial charge is 0.393 e. The molecular formula is C28H47NO3. The first-order valence-electron chi connectivity index (χ1n) is 13.3. The molecule has 1 heterocycles. The van der Waals surface area contributed by atoms with Crippen molar-refractivity contribution in [1.29, 1.82) is 0 Å². The Labute approximate surface area is 195 Å². The van der Waals surface area contributed by atoms with E-state index < -0.39 is 17.8 Å². The molecule has 4 rings (SSSR count). The third-order valence-corrected chi connectivity index (χ3v) is 9.50. The summed E-state index contributed by atoms with van der Waals surface area (Å²) < 4.78 is 0. The summed E-state index contributed by atoms with van der Waals surface area (Å²) in [5.74, 6) is 2.06.